The maximum Gasteiger partial charge on any atom is 0.293 e. The van der Waals surface area contributed by atoms with Crippen molar-refractivity contribution in [1.82, 2.24) is 9.55 Å². The Bertz CT molecular complexity index is 636. The number of nitrogens with one attached hydrogen (secondary N) is 1. The summed E-state index contributed by atoms with van der Waals surface area (Å²) in [6.45, 7) is 3.42. The highest BCUT2D eigenvalue weighted by Crippen LogP contribution is 2.15. The molecule has 3 N–H and O–H groups in total. The van der Waals surface area contributed by atoms with E-state index in [0.29, 0.717) is 18.9 Å². The van der Waals surface area contributed by atoms with Crippen LogP contribution in [0.2, 0.25) is 0 Å². The van der Waals surface area contributed by atoms with E-state index in [0.717, 1.165) is 24.9 Å². The van der Waals surface area contributed by atoms with Crippen molar-refractivity contribution in [3.05, 3.63) is 52.6 Å². The number of hydrogen-bond donors (Lipinski definition) is 2. The number of hydrogen-bond acceptors (Lipinski definition) is 4. The predicted octanol–water partition coefficient (Wildman–Crippen LogP) is 2.29. The van der Waals surface area contributed by atoms with E-state index in [1.807, 2.05) is 25.1 Å². The fourth-order valence-electron chi connectivity index (χ4n) is 2.20. The van der Waals surface area contributed by atoms with Gasteiger partial charge in [-0.2, -0.15) is 0 Å². The molecule has 5 heteroatoms. The molecule has 112 valence electrons. The van der Waals surface area contributed by atoms with Crippen molar-refractivity contribution in [1.29, 1.82) is 0 Å². The van der Waals surface area contributed by atoms with Crippen molar-refractivity contribution in [3.63, 3.8) is 0 Å². The smallest absolute Gasteiger partial charge is 0.293 e. The van der Waals surface area contributed by atoms with Gasteiger partial charge < -0.3 is 15.6 Å². The standard InChI is InChI=1S/C16H22N4O/c1-2-10-20-11-9-18-15(16(20)21)19-14-7-3-5-13(12-14)6-4-8-17/h3,5,7,9,11-12H,2,4,6,8,10,17H2,1H3,(H,18,19). The van der Waals surface area contributed by atoms with E-state index in [2.05, 4.69) is 16.4 Å². The van der Waals surface area contributed by atoms with Crippen LogP contribution >= 0.6 is 0 Å². The summed E-state index contributed by atoms with van der Waals surface area (Å²) in [6.07, 6.45) is 6.18. The van der Waals surface area contributed by atoms with Crippen LogP contribution in [0.1, 0.15) is 25.3 Å². The largest absolute Gasteiger partial charge is 0.336 e. The first-order valence-corrected chi connectivity index (χ1v) is 7.36. The van der Waals surface area contributed by atoms with Crippen molar-refractivity contribution >= 4 is 11.5 Å². The number of anilines is 2. The van der Waals surface area contributed by atoms with Gasteiger partial charge in [0.1, 0.15) is 0 Å². The lowest BCUT2D eigenvalue weighted by Crippen LogP contribution is -2.23. The molecule has 0 aliphatic heterocycles. The molecule has 1 aromatic carbocycles. The molecule has 2 aromatic rings. The lowest BCUT2D eigenvalue weighted by molar-refractivity contribution is 0.650. The average molecular weight is 286 g/mol. The number of aryl methyl sites for hydroxylation is 2. The summed E-state index contributed by atoms with van der Waals surface area (Å²) in [5.74, 6) is 0.363. The molecule has 21 heavy (non-hydrogen) atoms. The van der Waals surface area contributed by atoms with Crippen LogP contribution in [0.15, 0.2) is 41.5 Å². The molecule has 0 atom stereocenters. The van der Waals surface area contributed by atoms with Crippen molar-refractivity contribution in [2.75, 3.05) is 11.9 Å². The van der Waals surface area contributed by atoms with Crippen molar-refractivity contribution in [2.24, 2.45) is 5.73 Å². The minimum atomic E-state index is -0.0910. The van der Waals surface area contributed by atoms with Crippen LogP contribution in [-0.2, 0) is 13.0 Å². The third-order valence-electron chi connectivity index (χ3n) is 3.24. The van der Waals surface area contributed by atoms with Crippen LogP contribution in [0, 0.1) is 0 Å². The summed E-state index contributed by atoms with van der Waals surface area (Å²) in [4.78, 5) is 16.4. The molecular formula is C16H22N4O. The molecule has 0 aliphatic rings. The summed E-state index contributed by atoms with van der Waals surface area (Å²) in [5, 5.41) is 3.11. The van der Waals surface area contributed by atoms with E-state index < -0.39 is 0 Å². The van der Waals surface area contributed by atoms with Gasteiger partial charge in [0.2, 0.25) is 0 Å². The van der Waals surface area contributed by atoms with Crippen LogP contribution in [0.5, 0.6) is 0 Å². The molecule has 1 aromatic heterocycles. The van der Waals surface area contributed by atoms with Gasteiger partial charge in [-0.05, 0) is 43.5 Å². The Morgan fingerprint density at radius 3 is 3.00 bits per heavy atom. The van der Waals surface area contributed by atoms with E-state index in [4.69, 9.17) is 5.73 Å². The number of nitrogens with zero attached hydrogens (tertiary/aromatic N) is 2. The highest BCUT2D eigenvalue weighted by molar-refractivity contribution is 5.56. The Morgan fingerprint density at radius 1 is 1.38 bits per heavy atom. The maximum atomic E-state index is 12.2. The van der Waals surface area contributed by atoms with E-state index >= 15 is 0 Å². The zero-order chi connectivity index (χ0) is 15.1. The molecule has 0 spiro atoms. The second-order valence-electron chi connectivity index (χ2n) is 4.99. The van der Waals surface area contributed by atoms with Crippen LogP contribution in [-0.4, -0.2) is 16.1 Å². The molecule has 0 radical (unpaired) electrons. The van der Waals surface area contributed by atoms with Gasteiger partial charge in [-0.1, -0.05) is 19.1 Å². The highest BCUT2D eigenvalue weighted by Gasteiger charge is 2.05. The van der Waals surface area contributed by atoms with Crippen LogP contribution in [0.3, 0.4) is 0 Å². The monoisotopic (exact) mass is 286 g/mol. The quantitative estimate of drug-likeness (QED) is 0.819. The minimum Gasteiger partial charge on any atom is -0.336 e. The zero-order valence-electron chi connectivity index (χ0n) is 12.4. The van der Waals surface area contributed by atoms with Gasteiger partial charge in [-0.3, -0.25) is 4.79 Å². The lowest BCUT2D eigenvalue weighted by atomic mass is 10.1. The zero-order valence-corrected chi connectivity index (χ0v) is 12.4. The first-order chi connectivity index (χ1) is 10.2. The molecule has 0 bridgehead atoms. The second kappa shape index (κ2) is 7.59. The second-order valence-corrected chi connectivity index (χ2v) is 4.99. The fraction of sp³-hybridized carbons (Fsp3) is 0.375. The van der Waals surface area contributed by atoms with E-state index in [9.17, 15) is 4.79 Å². The average Bonchev–Trinajstić information content (AvgIpc) is 2.50. The molecule has 0 amide bonds. The summed E-state index contributed by atoms with van der Waals surface area (Å²) >= 11 is 0. The van der Waals surface area contributed by atoms with Gasteiger partial charge in [0, 0.05) is 24.6 Å². The van der Waals surface area contributed by atoms with E-state index in [1.54, 1.807) is 17.0 Å². The third-order valence-corrected chi connectivity index (χ3v) is 3.24. The Balaban J connectivity index is 2.18. The molecule has 5 nitrogen and oxygen atoms in total. The fourth-order valence-corrected chi connectivity index (χ4v) is 2.20. The third kappa shape index (κ3) is 4.16. The summed E-state index contributed by atoms with van der Waals surface area (Å²) in [6, 6.07) is 8.01. The van der Waals surface area contributed by atoms with E-state index in [1.165, 1.54) is 5.56 Å². The maximum absolute atomic E-state index is 12.2. The van der Waals surface area contributed by atoms with Crippen molar-refractivity contribution < 1.29 is 0 Å². The SMILES string of the molecule is CCCn1ccnc(Nc2cccc(CCCN)c2)c1=O. The normalized spacial score (nSPS) is 10.6. The van der Waals surface area contributed by atoms with Gasteiger partial charge in [-0.15, -0.1) is 0 Å². The van der Waals surface area contributed by atoms with Crippen LogP contribution in [0.4, 0.5) is 11.5 Å². The molecule has 0 fully saturated rings. The summed E-state index contributed by atoms with van der Waals surface area (Å²) < 4.78 is 1.67. The van der Waals surface area contributed by atoms with Crippen molar-refractivity contribution in [3.8, 4) is 0 Å². The van der Waals surface area contributed by atoms with Gasteiger partial charge in [0.05, 0.1) is 0 Å². The first-order valence-electron chi connectivity index (χ1n) is 7.36. The van der Waals surface area contributed by atoms with Crippen LogP contribution in [0.25, 0.3) is 0 Å². The minimum absolute atomic E-state index is 0.0910. The lowest BCUT2D eigenvalue weighted by Gasteiger charge is -2.09. The van der Waals surface area contributed by atoms with Gasteiger partial charge in [-0.25, -0.2) is 4.98 Å². The summed E-state index contributed by atoms with van der Waals surface area (Å²) in [7, 11) is 0. The Morgan fingerprint density at radius 2 is 2.24 bits per heavy atom. The van der Waals surface area contributed by atoms with Crippen LogP contribution < -0.4 is 16.6 Å². The highest BCUT2D eigenvalue weighted by atomic mass is 16.1. The topological polar surface area (TPSA) is 72.9 Å². The number of nitrogens with two attached hydrogens (primary N) is 1. The Labute approximate surface area is 124 Å². The molecule has 1 heterocycles. The molecule has 2 rings (SSSR count). The Hall–Kier alpha value is -2.14. The number of rotatable bonds is 7. The first kappa shape index (κ1) is 15.3. The van der Waals surface area contributed by atoms with Crippen molar-refractivity contribution in [2.45, 2.75) is 32.7 Å². The molecule has 0 unspecified atom stereocenters. The summed E-state index contributed by atoms with van der Waals surface area (Å²) in [5.41, 5.74) is 7.52. The molecular weight excluding hydrogens is 264 g/mol. The van der Waals surface area contributed by atoms with E-state index in [-0.39, 0.29) is 5.56 Å². The number of aromatic nitrogens is 2. The Kier molecular flexibility index (Phi) is 5.51. The molecule has 0 aliphatic carbocycles. The van der Waals surface area contributed by atoms with Gasteiger partial charge in [0.15, 0.2) is 5.82 Å². The van der Waals surface area contributed by atoms with Gasteiger partial charge in [0.25, 0.3) is 5.56 Å². The van der Waals surface area contributed by atoms with Gasteiger partial charge >= 0.3 is 0 Å². The predicted molar refractivity (Wildman–Crippen MR) is 85.9 cm³/mol. The number of benzene rings is 1. The molecule has 0 saturated heterocycles. The molecule has 0 saturated carbocycles.